The quantitative estimate of drug-likeness (QED) is 0.430. The highest BCUT2D eigenvalue weighted by Gasteiger charge is 2.19. The number of nitrogens with two attached hydrogens (primary N) is 2. The van der Waals surface area contributed by atoms with E-state index in [-0.39, 0.29) is 16.9 Å². The molecule has 4 rings (SSSR count). The predicted molar refractivity (Wildman–Crippen MR) is 98.7 cm³/mol. The molecule has 1 amide bonds. The third-order valence-electron chi connectivity index (χ3n) is 4.13. The van der Waals surface area contributed by atoms with Crippen molar-refractivity contribution in [2.24, 2.45) is 16.5 Å². The van der Waals surface area contributed by atoms with Gasteiger partial charge in [-0.15, -0.1) is 0 Å². The summed E-state index contributed by atoms with van der Waals surface area (Å²) < 4.78 is 16.2. The fourth-order valence-corrected chi connectivity index (χ4v) is 3.07. The molecule has 0 saturated carbocycles. The van der Waals surface area contributed by atoms with E-state index >= 15 is 0 Å². The molecule has 0 radical (unpaired) electrons. The summed E-state index contributed by atoms with van der Waals surface area (Å²) in [7, 11) is 0. The molecule has 6 nitrogen and oxygen atoms in total. The number of aliphatic imine (C=N–C) groups is 1. The highest BCUT2D eigenvalue weighted by atomic mass is 19.1. The monoisotopic (exact) mass is 347 g/mol. The molecule has 2 aromatic carbocycles. The molecular formula is C19H14FN5O. The first-order chi connectivity index (χ1) is 12.6. The summed E-state index contributed by atoms with van der Waals surface area (Å²) in [5.74, 6) is -1.59. The van der Waals surface area contributed by atoms with Gasteiger partial charge in [0.2, 0.25) is 0 Å². The van der Waals surface area contributed by atoms with Crippen LogP contribution in [-0.4, -0.2) is 21.4 Å². The first-order valence-corrected chi connectivity index (χ1v) is 7.84. The first kappa shape index (κ1) is 15.8. The highest BCUT2D eigenvalue weighted by Crippen LogP contribution is 2.30. The van der Waals surface area contributed by atoms with Crippen LogP contribution in [0.15, 0.2) is 65.9 Å². The minimum Gasteiger partial charge on any atom is -0.370 e. The largest absolute Gasteiger partial charge is 0.370 e. The normalized spacial score (nSPS) is 11.0. The lowest BCUT2D eigenvalue weighted by molar-refractivity contribution is 0.100. The molecule has 0 bridgehead atoms. The molecule has 0 aliphatic carbocycles. The van der Waals surface area contributed by atoms with Crippen molar-refractivity contribution in [2.45, 2.75) is 0 Å². The van der Waals surface area contributed by atoms with Gasteiger partial charge in [0.1, 0.15) is 5.82 Å². The van der Waals surface area contributed by atoms with E-state index in [1.54, 1.807) is 29.1 Å². The molecule has 0 unspecified atom stereocenters. The van der Waals surface area contributed by atoms with Gasteiger partial charge in [0.05, 0.1) is 22.3 Å². The summed E-state index contributed by atoms with van der Waals surface area (Å²) in [6, 6.07) is 14.0. The van der Waals surface area contributed by atoms with Crippen LogP contribution in [0.2, 0.25) is 0 Å². The number of nitrogens with zero attached hydrogens (tertiary/aromatic N) is 3. The van der Waals surface area contributed by atoms with Gasteiger partial charge < -0.3 is 16.0 Å². The summed E-state index contributed by atoms with van der Waals surface area (Å²) in [6.07, 6.45) is 3.21. The lowest BCUT2D eigenvalue weighted by Gasteiger charge is -2.09. The van der Waals surface area contributed by atoms with E-state index < -0.39 is 11.7 Å². The Bertz CT molecular complexity index is 1190. The Morgan fingerprint density at radius 3 is 2.69 bits per heavy atom. The Kier molecular flexibility index (Phi) is 3.62. The maximum atomic E-state index is 14.5. The molecule has 0 spiro atoms. The van der Waals surface area contributed by atoms with Gasteiger partial charge in [-0.05, 0) is 24.3 Å². The number of hydrogen-bond acceptors (Lipinski definition) is 2. The zero-order chi connectivity index (χ0) is 18.3. The second-order valence-electron chi connectivity index (χ2n) is 5.74. The van der Waals surface area contributed by atoms with Crippen molar-refractivity contribution in [2.75, 3.05) is 0 Å². The minimum atomic E-state index is -0.697. The van der Waals surface area contributed by atoms with E-state index in [0.29, 0.717) is 5.52 Å². The number of hydrogen-bond donors (Lipinski definition) is 2. The maximum absolute atomic E-state index is 14.5. The van der Waals surface area contributed by atoms with Crippen molar-refractivity contribution in [1.82, 2.24) is 9.55 Å². The van der Waals surface area contributed by atoms with E-state index in [2.05, 4.69) is 9.98 Å². The average molecular weight is 347 g/mol. The number of para-hydroxylation sites is 1. The van der Waals surface area contributed by atoms with Crippen LogP contribution in [0.25, 0.3) is 27.5 Å². The number of carbonyl (C=O) groups is 1. The van der Waals surface area contributed by atoms with Crippen LogP contribution in [0.4, 0.5) is 4.39 Å². The summed E-state index contributed by atoms with van der Waals surface area (Å²) in [4.78, 5) is 20.3. The van der Waals surface area contributed by atoms with Crippen molar-refractivity contribution in [3.63, 3.8) is 0 Å². The standard InChI is InChI=1S/C19H14FN5O/c20-13-5-3-7-16-17(13)12(18(26)24-19(21)22)10-25(16)15-8-9-23-14-6-2-1-4-11(14)15/h1-10H,(H4,21,22,24,26). The van der Waals surface area contributed by atoms with Crippen LogP contribution < -0.4 is 11.5 Å². The number of fused-ring (bicyclic) bond motifs is 2. The molecular weight excluding hydrogens is 333 g/mol. The van der Waals surface area contributed by atoms with Crippen molar-refractivity contribution >= 4 is 33.7 Å². The van der Waals surface area contributed by atoms with Gasteiger partial charge in [-0.25, -0.2) is 4.39 Å². The van der Waals surface area contributed by atoms with E-state index in [1.807, 2.05) is 30.3 Å². The van der Waals surface area contributed by atoms with Gasteiger partial charge in [-0.1, -0.05) is 24.3 Å². The van der Waals surface area contributed by atoms with Crippen LogP contribution in [0.3, 0.4) is 0 Å². The summed E-state index contributed by atoms with van der Waals surface area (Å²) >= 11 is 0. The van der Waals surface area contributed by atoms with Crippen LogP contribution in [0.5, 0.6) is 0 Å². The number of carbonyl (C=O) groups excluding carboxylic acids is 1. The number of guanidine groups is 1. The number of aromatic nitrogens is 2. The second kappa shape index (κ2) is 5.96. The summed E-state index contributed by atoms with van der Waals surface area (Å²) in [5.41, 5.74) is 12.8. The Morgan fingerprint density at radius 2 is 1.88 bits per heavy atom. The molecule has 0 fully saturated rings. The second-order valence-corrected chi connectivity index (χ2v) is 5.74. The molecule has 4 N–H and O–H groups in total. The molecule has 7 heteroatoms. The SMILES string of the molecule is NC(N)=NC(=O)c1cn(-c2ccnc3ccccc23)c2cccc(F)c12. The number of pyridine rings is 1. The molecule has 128 valence electrons. The fraction of sp³-hybridized carbons (Fsp3) is 0. The number of amides is 1. The van der Waals surface area contributed by atoms with E-state index in [4.69, 9.17) is 11.5 Å². The maximum Gasteiger partial charge on any atom is 0.282 e. The summed E-state index contributed by atoms with van der Waals surface area (Å²) in [5, 5.41) is 1.04. The number of halogens is 1. The minimum absolute atomic E-state index is 0.0902. The highest BCUT2D eigenvalue weighted by molar-refractivity contribution is 6.11. The van der Waals surface area contributed by atoms with E-state index in [9.17, 15) is 9.18 Å². The van der Waals surface area contributed by atoms with Crippen molar-refractivity contribution in [3.05, 3.63) is 72.3 Å². The van der Waals surface area contributed by atoms with Crippen molar-refractivity contribution < 1.29 is 9.18 Å². The predicted octanol–water partition coefficient (Wildman–Crippen LogP) is 2.73. The Labute approximate surface area is 147 Å². The molecule has 2 aromatic heterocycles. The topological polar surface area (TPSA) is 99.3 Å². The molecule has 0 atom stereocenters. The zero-order valence-corrected chi connectivity index (χ0v) is 13.6. The van der Waals surface area contributed by atoms with Crippen LogP contribution in [0.1, 0.15) is 10.4 Å². The third kappa shape index (κ3) is 2.46. The van der Waals surface area contributed by atoms with Crippen LogP contribution in [-0.2, 0) is 0 Å². The average Bonchev–Trinajstić information content (AvgIpc) is 3.02. The lowest BCUT2D eigenvalue weighted by atomic mass is 10.1. The smallest absolute Gasteiger partial charge is 0.282 e. The van der Waals surface area contributed by atoms with Crippen LogP contribution in [0, 0.1) is 5.82 Å². The lowest BCUT2D eigenvalue weighted by Crippen LogP contribution is -2.24. The molecule has 4 aromatic rings. The molecule has 26 heavy (non-hydrogen) atoms. The van der Waals surface area contributed by atoms with Crippen molar-refractivity contribution in [1.29, 1.82) is 0 Å². The van der Waals surface area contributed by atoms with E-state index in [0.717, 1.165) is 16.6 Å². The summed E-state index contributed by atoms with van der Waals surface area (Å²) in [6.45, 7) is 0. The first-order valence-electron chi connectivity index (χ1n) is 7.84. The Balaban J connectivity index is 2.07. The van der Waals surface area contributed by atoms with Crippen LogP contribution >= 0.6 is 0 Å². The molecule has 0 aliphatic heterocycles. The molecule has 0 aliphatic rings. The Hall–Kier alpha value is -3.74. The number of rotatable bonds is 2. The van der Waals surface area contributed by atoms with Gasteiger partial charge >= 0.3 is 0 Å². The van der Waals surface area contributed by atoms with Gasteiger partial charge in [0.15, 0.2) is 5.96 Å². The van der Waals surface area contributed by atoms with Crippen molar-refractivity contribution in [3.8, 4) is 5.69 Å². The van der Waals surface area contributed by atoms with E-state index in [1.165, 1.54) is 6.07 Å². The van der Waals surface area contributed by atoms with Gasteiger partial charge in [-0.2, -0.15) is 4.99 Å². The molecule has 2 heterocycles. The third-order valence-corrected chi connectivity index (χ3v) is 4.13. The molecule has 0 saturated heterocycles. The number of benzene rings is 2. The van der Waals surface area contributed by atoms with Gasteiger partial charge in [-0.3, -0.25) is 9.78 Å². The Morgan fingerprint density at radius 1 is 1.08 bits per heavy atom. The van der Waals surface area contributed by atoms with Gasteiger partial charge in [0.25, 0.3) is 5.91 Å². The zero-order valence-electron chi connectivity index (χ0n) is 13.6. The van der Waals surface area contributed by atoms with Gasteiger partial charge in [0, 0.05) is 23.2 Å². The fourth-order valence-electron chi connectivity index (χ4n) is 3.07.